The first-order valence-electron chi connectivity index (χ1n) is 5.30. The van der Waals surface area contributed by atoms with Gasteiger partial charge < -0.3 is 20.5 Å². The molecule has 3 N–H and O–H groups in total. The summed E-state index contributed by atoms with van der Waals surface area (Å²) in [7, 11) is 1.59. The highest BCUT2D eigenvalue weighted by atomic mass is 16.5. The van der Waals surface area contributed by atoms with Gasteiger partial charge in [0.2, 0.25) is 5.91 Å². The Bertz CT molecular complexity index is 165. The van der Waals surface area contributed by atoms with Crippen LogP contribution in [-0.4, -0.2) is 45.4 Å². The third-order valence-electron chi connectivity index (χ3n) is 1.95. The van der Waals surface area contributed by atoms with Gasteiger partial charge in [0.25, 0.3) is 0 Å². The Morgan fingerprint density at radius 1 is 1.47 bits per heavy atom. The zero-order chi connectivity index (χ0) is 11.5. The van der Waals surface area contributed by atoms with Crippen molar-refractivity contribution in [2.75, 3.05) is 33.5 Å². The maximum absolute atomic E-state index is 11.3. The fraction of sp³-hybridized carbons (Fsp3) is 0.900. The molecule has 0 bridgehead atoms. The standard InChI is InChI=1S/C10H22N2O3/c1-3-4-9(7-11)12-10(13)8-15-6-5-14-2/h9H,3-8,11H2,1-2H3,(H,12,13). The molecule has 0 radical (unpaired) electrons. The van der Waals surface area contributed by atoms with E-state index in [1.165, 1.54) is 0 Å². The van der Waals surface area contributed by atoms with Gasteiger partial charge in [-0.15, -0.1) is 0 Å². The number of methoxy groups -OCH3 is 1. The normalized spacial score (nSPS) is 12.5. The summed E-state index contributed by atoms with van der Waals surface area (Å²) in [5, 5.41) is 2.81. The molecule has 0 spiro atoms. The molecular weight excluding hydrogens is 196 g/mol. The van der Waals surface area contributed by atoms with Gasteiger partial charge in [-0.05, 0) is 6.42 Å². The van der Waals surface area contributed by atoms with E-state index in [9.17, 15) is 4.79 Å². The van der Waals surface area contributed by atoms with E-state index in [4.69, 9.17) is 15.2 Å². The summed E-state index contributed by atoms with van der Waals surface area (Å²) >= 11 is 0. The molecule has 1 amide bonds. The van der Waals surface area contributed by atoms with Gasteiger partial charge in [0.1, 0.15) is 6.61 Å². The van der Waals surface area contributed by atoms with Gasteiger partial charge in [0, 0.05) is 19.7 Å². The van der Waals surface area contributed by atoms with Crippen molar-refractivity contribution in [3.8, 4) is 0 Å². The number of carbonyl (C=O) groups is 1. The molecule has 1 unspecified atom stereocenters. The molecule has 0 aliphatic heterocycles. The van der Waals surface area contributed by atoms with Gasteiger partial charge in [-0.1, -0.05) is 13.3 Å². The molecule has 0 aliphatic carbocycles. The van der Waals surface area contributed by atoms with Crippen molar-refractivity contribution < 1.29 is 14.3 Å². The quantitative estimate of drug-likeness (QED) is 0.530. The molecule has 0 heterocycles. The van der Waals surface area contributed by atoms with Crippen LogP contribution in [0.2, 0.25) is 0 Å². The highest BCUT2D eigenvalue weighted by Gasteiger charge is 2.09. The van der Waals surface area contributed by atoms with Crippen molar-refractivity contribution in [2.45, 2.75) is 25.8 Å². The maximum Gasteiger partial charge on any atom is 0.246 e. The first-order chi connectivity index (χ1) is 7.24. The second-order valence-electron chi connectivity index (χ2n) is 3.33. The SMILES string of the molecule is CCCC(CN)NC(=O)COCCOC. The molecule has 0 aromatic heterocycles. The van der Waals surface area contributed by atoms with Crippen LogP contribution >= 0.6 is 0 Å². The largest absolute Gasteiger partial charge is 0.382 e. The topological polar surface area (TPSA) is 73.6 Å². The number of rotatable bonds is 9. The van der Waals surface area contributed by atoms with Gasteiger partial charge >= 0.3 is 0 Å². The van der Waals surface area contributed by atoms with E-state index >= 15 is 0 Å². The van der Waals surface area contributed by atoms with Crippen LogP contribution < -0.4 is 11.1 Å². The van der Waals surface area contributed by atoms with Crippen LogP contribution in [0.1, 0.15) is 19.8 Å². The van der Waals surface area contributed by atoms with Gasteiger partial charge in [0.05, 0.1) is 13.2 Å². The maximum atomic E-state index is 11.3. The Balaban J connectivity index is 3.52. The smallest absolute Gasteiger partial charge is 0.246 e. The van der Waals surface area contributed by atoms with Crippen LogP contribution in [-0.2, 0) is 14.3 Å². The molecule has 0 saturated heterocycles. The lowest BCUT2D eigenvalue weighted by Gasteiger charge is -2.15. The van der Waals surface area contributed by atoms with E-state index in [1.807, 2.05) is 0 Å². The fourth-order valence-electron chi connectivity index (χ4n) is 1.17. The Morgan fingerprint density at radius 3 is 2.73 bits per heavy atom. The van der Waals surface area contributed by atoms with E-state index in [0.29, 0.717) is 19.8 Å². The van der Waals surface area contributed by atoms with E-state index in [1.54, 1.807) is 7.11 Å². The van der Waals surface area contributed by atoms with Crippen molar-refractivity contribution in [1.29, 1.82) is 0 Å². The molecular formula is C10H22N2O3. The monoisotopic (exact) mass is 218 g/mol. The molecule has 0 rings (SSSR count). The number of hydrogen-bond acceptors (Lipinski definition) is 4. The van der Waals surface area contributed by atoms with Crippen molar-refractivity contribution in [1.82, 2.24) is 5.32 Å². The van der Waals surface area contributed by atoms with Gasteiger partial charge in [-0.25, -0.2) is 0 Å². The van der Waals surface area contributed by atoms with E-state index in [2.05, 4.69) is 12.2 Å². The van der Waals surface area contributed by atoms with Crippen molar-refractivity contribution in [2.24, 2.45) is 5.73 Å². The number of ether oxygens (including phenoxy) is 2. The summed E-state index contributed by atoms with van der Waals surface area (Å²) < 4.78 is 9.87. The van der Waals surface area contributed by atoms with Crippen LogP contribution in [0, 0.1) is 0 Å². The Labute approximate surface area is 91.3 Å². The number of amides is 1. The van der Waals surface area contributed by atoms with Crippen molar-refractivity contribution in [3.05, 3.63) is 0 Å². The predicted molar refractivity (Wildman–Crippen MR) is 58.6 cm³/mol. The van der Waals surface area contributed by atoms with Gasteiger partial charge in [0.15, 0.2) is 0 Å². The molecule has 1 atom stereocenters. The van der Waals surface area contributed by atoms with E-state index in [-0.39, 0.29) is 18.6 Å². The second kappa shape index (κ2) is 9.89. The molecule has 0 fully saturated rings. The lowest BCUT2D eigenvalue weighted by Crippen LogP contribution is -2.41. The number of nitrogens with one attached hydrogen (secondary N) is 1. The number of carbonyl (C=O) groups excluding carboxylic acids is 1. The highest BCUT2D eigenvalue weighted by molar-refractivity contribution is 5.77. The number of nitrogens with two attached hydrogens (primary N) is 1. The summed E-state index contributed by atoms with van der Waals surface area (Å²) in [5.74, 6) is -0.116. The molecule has 15 heavy (non-hydrogen) atoms. The van der Waals surface area contributed by atoms with Crippen molar-refractivity contribution >= 4 is 5.91 Å². The zero-order valence-electron chi connectivity index (χ0n) is 9.62. The molecule has 0 aromatic rings. The van der Waals surface area contributed by atoms with Crippen LogP contribution in [0.15, 0.2) is 0 Å². The van der Waals surface area contributed by atoms with Crippen LogP contribution in [0.5, 0.6) is 0 Å². The summed E-state index contributed by atoms with van der Waals surface area (Å²) in [6, 6.07) is 0.0634. The lowest BCUT2D eigenvalue weighted by molar-refractivity contribution is -0.126. The Morgan fingerprint density at radius 2 is 2.20 bits per heavy atom. The summed E-state index contributed by atoms with van der Waals surface area (Å²) in [4.78, 5) is 11.3. The van der Waals surface area contributed by atoms with Gasteiger partial charge in [-0.2, -0.15) is 0 Å². The average molecular weight is 218 g/mol. The Kier molecular flexibility index (Phi) is 9.46. The third-order valence-corrected chi connectivity index (χ3v) is 1.95. The fourth-order valence-corrected chi connectivity index (χ4v) is 1.17. The molecule has 0 aliphatic rings. The minimum absolute atomic E-state index is 0.0634. The lowest BCUT2D eigenvalue weighted by atomic mass is 10.2. The van der Waals surface area contributed by atoms with E-state index in [0.717, 1.165) is 12.8 Å². The molecule has 0 saturated carbocycles. The molecule has 5 heteroatoms. The van der Waals surface area contributed by atoms with Crippen LogP contribution in [0.25, 0.3) is 0 Å². The highest BCUT2D eigenvalue weighted by Crippen LogP contribution is 1.94. The number of hydrogen-bond donors (Lipinski definition) is 2. The molecule has 5 nitrogen and oxygen atoms in total. The molecule has 90 valence electrons. The van der Waals surface area contributed by atoms with Gasteiger partial charge in [-0.3, -0.25) is 4.79 Å². The van der Waals surface area contributed by atoms with Crippen LogP contribution in [0.3, 0.4) is 0 Å². The van der Waals surface area contributed by atoms with E-state index < -0.39 is 0 Å². The Hall–Kier alpha value is -0.650. The minimum atomic E-state index is -0.116. The summed E-state index contributed by atoms with van der Waals surface area (Å²) in [6.45, 7) is 3.54. The summed E-state index contributed by atoms with van der Waals surface area (Å²) in [6.07, 6.45) is 1.91. The zero-order valence-corrected chi connectivity index (χ0v) is 9.62. The first kappa shape index (κ1) is 14.3. The second-order valence-corrected chi connectivity index (χ2v) is 3.33. The average Bonchev–Trinajstić information content (AvgIpc) is 2.24. The van der Waals surface area contributed by atoms with Crippen LogP contribution in [0.4, 0.5) is 0 Å². The minimum Gasteiger partial charge on any atom is -0.382 e. The predicted octanol–water partition coefficient (Wildman–Crippen LogP) is -0.107. The third kappa shape index (κ3) is 8.35. The van der Waals surface area contributed by atoms with Crippen molar-refractivity contribution in [3.63, 3.8) is 0 Å². The summed E-state index contributed by atoms with van der Waals surface area (Å²) in [5.41, 5.74) is 5.51. The molecule has 0 aromatic carbocycles. The first-order valence-corrected chi connectivity index (χ1v) is 5.30.